The van der Waals surface area contributed by atoms with Crippen LogP contribution in [-0.2, 0) is 10.0 Å². The van der Waals surface area contributed by atoms with Crippen LogP contribution in [0.3, 0.4) is 0 Å². The molecule has 0 aromatic heterocycles. The lowest BCUT2D eigenvalue weighted by atomic mass is 10.1. The quantitative estimate of drug-likeness (QED) is 0.851. The Morgan fingerprint density at radius 1 is 1.09 bits per heavy atom. The van der Waals surface area contributed by atoms with Crippen LogP contribution in [0.2, 0.25) is 0 Å². The fourth-order valence-corrected chi connectivity index (χ4v) is 4.76. The number of hydrogen-bond donors (Lipinski definition) is 0. The van der Waals surface area contributed by atoms with Crippen LogP contribution < -0.4 is 0 Å². The second-order valence-electron chi connectivity index (χ2n) is 6.04. The van der Waals surface area contributed by atoms with E-state index in [-0.39, 0.29) is 0 Å². The second-order valence-corrected chi connectivity index (χ2v) is 7.58. The van der Waals surface area contributed by atoms with Gasteiger partial charge in [-0.25, -0.2) is 0 Å². The summed E-state index contributed by atoms with van der Waals surface area (Å²) in [4.78, 5) is 4.87. The highest BCUT2D eigenvalue weighted by molar-refractivity contribution is 8.00. The molecular formula is C17H23N3O2S. The zero-order valence-corrected chi connectivity index (χ0v) is 14.5. The molecule has 1 fully saturated rings. The van der Waals surface area contributed by atoms with Crippen molar-refractivity contribution in [1.82, 2.24) is 9.80 Å². The van der Waals surface area contributed by atoms with Crippen LogP contribution in [0.15, 0.2) is 40.3 Å². The minimum Gasteiger partial charge on any atom is -0.353 e. The lowest BCUT2D eigenvalue weighted by Crippen LogP contribution is -2.48. The molecule has 2 heterocycles. The first-order valence-corrected chi connectivity index (χ1v) is 9.56. The van der Waals surface area contributed by atoms with E-state index in [9.17, 15) is 8.42 Å². The molecule has 5 nitrogen and oxygen atoms in total. The fraction of sp³-hybridized carbons (Fsp3) is 0.471. The summed E-state index contributed by atoms with van der Waals surface area (Å²) in [5.74, 6) is 0.625. The maximum atomic E-state index is 12.5. The van der Waals surface area contributed by atoms with Gasteiger partial charge >= 0.3 is 0 Å². The Kier molecular flexibility index (Phi) is 4.55. The van der Waals surface area contributed by atoms with Crippen LogP contribution in [0.5, 0.6) is 0 Å². The van der Waals surface area contributed by atoms with Gasteiger partial charge in [0.25, 0.3) is 10.0 Å². The van der Waals surface area contributed by atoms with E-state index in [0.717, 1.165) is 44.7 Å². The van der Waals surface area contributed by atoms with Crippen LogP contribution in [0.1, 0.15) is 25.8 Å². The van der Waals surface area contributed by atoms with Gasteiger partial charge in [-0.15, -0.1) is 4.40 Å². The highest BCUT2D eigenvalue weighted by atomic mass is 32.2. The summed E-state index contributed by atoms with van der Waals surface area (Å²) in [5.41, 5.74) is 1.48. The van der Waals surface area contributed by atoms with Gasteiger partial charge in [0.2, 0.25) is 0 Å². The molecule has 0 aliphatic carbocycles. The molecule has 1 saturated heterocycles. The third kappa shape index (κ3) is 3.19. The highest BCUT2D eigenvalue weighted by Crippen LogP contribution is 2.33. The van der Waals surface area contributed by atoms with Crippen molar-refractivity contribution in [2.45, 2.75) is 20.3 Å². The highest BCUT2D eigenvalue weighted by Gasteiger charge is 2.34. The third-order valence-electron chi connectivity index (χ3n) is 4.39. The molecule has 0 N–H and O–H groups in total. The van der Waals surface area contributed by atoms with Crippen LogP contribution in [0.25, 0.3) is 4.91 Å². The molecular weight excluding hydrogens is 310 g/mol. The molecule has 0 atom stereocenters. The molecule has 6 heteroatoms. The predicted octanol–water partition coefficient (Wildman–Crippen LogP) is 2.19. The average Bonchev–Trinajstić information content (AvgIpc) is 2.79. The monoisotopic (exact) mass is 333 g/mol. The summed E-state index contributed by atoms with van der Waals surface area (Å²) in [6.45, 7) is 8.72. The first-order valence-electron chi connectivity index (χ1n) is 8.12. The van der Waals surface area contributed by atoms with Crippen molar-refractivity contribution < 1.29 is 8.42 Å². The van der Waals surface area contributed by atoms with E-state index in [1.54, 1.807) is 0 Å². The Morgan fingerprint density at radius 3 is 2.35 bits per heavy atom. The number of amidine groups is 1. The Labute approximate surface area is 138 Å². The Balaban J connectivity index is 1.86. The third-order valence-corrected chi connectivity index (χ3v) is 5.86. The molecule has 3 rings (SSSR count). The Morgan fingerprint density at radius 2 is 1.74 bits per heavy atom. The van der Waals surface area contributed by atoms with Gasteiger partial charge in [0.05, 0.1) is 0 Å². The largest absolute Gasteiger partial charge is 0.353 e. The van der Waals surface area contributed by atoms with Crippen molar-refractivity contribution in [3.8, 4) is 0 Å². The first-order chi connectivity index (χ1) is 11.0. The predicted molar refractivity (Wildman–Crippen MR) is 93.7 cm³/mol. The lowest BCUT2D eigenvalue weighted by Gasteiger charge is -2.35. The normalized spacial score (nSPS) is 21.7. The van der Waals surface area contributed by atoms with E-state index < -0.39 is 10.0 Å². The molecule has 0 unspecified atom stereocenters. The number of piperazine rings is 1. The van der Waals surface area contributed by atoms with Crippen molar-refractivity contribution in [2.24, 2.45) is 4.40 Å². The zero-order valence-electron chi connectivity index (χ0n) is 13.7. The van der Waals surface area contributed by atoms with E-state index in [1.807, 2.05) is 37.3 Å². The standard InChI is InChI=1S/C17H23N3O2S/c1-3-9-19-10-12-20(13-11-19)17-14(2)16(23(21,22)18-17)15-7-5-4-6-8-15/h4-8H,3,9-13H2,1-2H3. The van der Waals surface area contributed by atoms with Gasteiger partial charge in [0.15, 0.2) is 0 Å². The van der Waals surface area contributed by atoms with Gasteiger partial charge < -0.3 is 4.90 Å². The molecule has 2 aliphatic heterocycles. The molecule has 0 saturated carbocycles. The van der Waals surface area contributed by atoms with E-state index in [2.05, 4.69) is 21.1 Å². The molecule has 1 aromatic carbocycles. The first kappa shape index (κ1) is 16.2. The molecule has 0 bridgehead atoms. The van der Waals surface area contributed by atoms with Crippen molar-refractivity contribution in [3.05, 3.63) is 41.5 Å². The van der Waals surface area contributed by atoms with Crippen molar-refractivity contribution in [2.75, 3.05) is 32.7 Å². The van der Waals surface area contributed by atoms with Gasteiger partial charge in [-0.3, -0.25) is 4.90 Å². The Hall–Kier alpha value is -1.66. The molecule has 0 radical (unpaired) electrons. The smallest absolute Gasteiger partial charge is 0.285 e. The van der Waals surface area contributed by atoms with Gasteiger partial charge in [0, 0.05) is 31.8 Å². The summed E-state index contributed by atoms with van der Waals surface area (Å²) in [7, 11) is -3.60. The molecule has 124 valence electrons. The van der Waals surface area contributed by atoms with Crippen LogP contribution in [-0.4, -0.2) is 56.8 Å². The number of sulfonamides is 1. The van der Waals surface area contributed by atoms with Gasteiger partial charge in [0.1, 0.15) is 10.7 Å². The van der Waals surface area contributed by atoms with E-state index in [4.69, 9.17) is 0 Å². The maximum Gasteiger partial charge on any atom is 0.285 e. The minimum absolute atomic E-state index is 0.351. The molecule has 0 amide bonds. The molecule has 1 aromatic rings. The maximum absolute atomic E-state index is 12.5. The number of benzene rings is 1. The van der Waals surface area contributed by atoms with Gasteiger partial charge in [-0.1, -0.05) is 37.3 Å². The summed E-state index contributed by atoms with van der Waals surface area (Å²) in [6, 6.07) is 9.25. The van der Waals surface area contributed by atoms with Crippen molar-refractivity contribution in [1.29, 1.82) is 0 Å². The topological polar surface area (TPSA) is 53.0 Å². The van der Waals surface area contributed by atoms with Crippen LogP contribution >= 0.6 is 0 Å². The molecule has 2 aliphatic rings. The van der Waals surface area contributed by atoms with Crippen molar-refractivity contribution in [3.63, 3.8) is 0 Å². The van der Waals surface area contributed by atoms with Crippen LogP contribution in [0, 0.1) is 0 Å². The molecule has 23 heavy (non-hydrogen) atoms. The second kappa shape index (κ2) is 6.45. The van der Waals surface area contributed by atoms with Crippen molar-refractivity contribution >= 4 is 20.8 Å². The number of hydrogen-bond acceptors (Lipinski definition) is 4. The average molecular weight is 333 g/mol. The SMILES string of the molecule is CCCN1CCN(C2=NS(=O)(=O)C(c3ccccc3)=C2C)CC1. The number of nitrogens with zero attached hydrogens (tertiary/aromatic N) is 3. The minimum atomic E-state index is -3.60. The Bertz CT molecular complexity index is 730. The number of rotatable bonds is 3. The summed E-state index contributed by atoms with van der Waals surface area (Å²) in [5, 5.41) is 0. The van der Waals surface area contributed by atoms with E-state index in [0.29, 0.717) is 16.3 Å². The summed E-state index contributed by atoms with van der Waals surface area (Å²) < 4.78 is 29.1. The summed E-state index contributed by atoms with van der Waals surface area (Å²) >= 11 is 0. The fourth-order valence-electron chi connectivity index (χ4n) is 3.27. The van der Waals surface area contributed by atoms with E-state index in [1.165, 1.54) is 0 Å². The zero-order chi connectivity index (χ0) is 16.4. The van der Waals surface area contributed by atoms with Gasteiger partial charge in [-0.05, 0) is 25.5 Å². The van der Waals surface area contributed by atoms with Gasteiger partial charge in [-0.2, -0.15) is 8.42 Å². The van der Waals surface area contributed by atoms with E-state index >= 15 is 0 Å². The van der Waals surface area contributed by atoms with Crippen LogP contribution in [0.4, 0.5) is 0 Å². The summed E-state index contributed by atoms with van der Waals surface area (Å²) in [6.07, 6.45) is 1.15. The molecule has 0 spiro atoms. The lowest BCUT2D eigenvalue weighted by molar-refractivity contribution is 0.183.